The molecular weight excluding hydrogens is 312 g/mol. The maximum Gasteiger partial charge on any atom is 0.303 e. The van der Waals surface area contributed by atoms with E-state index in [1.165, 1.54) is 26.2 Å². The van der Waals surface area contributed by atoms with Crippen LogP contribution in [0.5, 0.6) is 0 Å². The molecule has 2 fully saturated rings. The predicted octanol–water partition coefficient (Wildman–Crippen LogP) is 5.49. The summed E-state index contributed by atoms with van der Waals surface area (Å²) in [6.45, 7) is 14.9. The Labute approximate surface area is 154 Å². The monoisotopic (exact) mass is 352 g/mol. The molecule has 0 aromatic carbocycles. The molecule has 2 aliphatic rings. The van der Waals surface area contributed by atoms with E-state index < -0.39 is 11.2 Å². The molecule has 5 atom stereocenters. The molecule has 25 heavy (non-hydrogen) atoms. The van der Waals surface area contributed by atoms with Gasteiger partial charge in [0.05, 0.1) is 5.60 Å². The van der Waals surface area contributed by atoms with Crippen molar-refractivity contribution < 1.29 is 14.6 Å². The van der Waals surface area contributed by atoms with Crippen LogP contribution in [0.15, 0.2) is 0 Å². The maximum absolute atomic E-state index is 11.8. The highest BCUT2D eigenvalue weighted by Gasteiger charge is 2.59. The van der Waals surface area contributed by atoms with Gasteiger partial charge in [-0.1, -0.05) is 34.1 Å². The molecule has 2 saturated carbocycles. The number of carbonyl (C=O) groups is 1. The molecule has 0 aliphatic heterocycles. The van der Waals surface area contributed by atoms with Crippen LogP contribution in [-0.4, -0.2) is 22.3 Å². The molecule has 146 valence electrons. The van der Waals surface area contributed by atoms with Crippen molar-refractivity contribution in [1.82, 2.24) is 0 Å². The first-order valence-corrected chi connectivity index (χ1v) is 10.3. The Morgan fingerprint density at radius 1 is 1.20 bits per heavy atom. The average molecular weight is 353 g/mol. The number of aliphatic hydroxyl groups is 1. The Balaban J connectivity index is 2.36. The van der Waals surface area contributed by atoms with Gasteiger partial charge in [0.25, 0.3) is 0 Å². The molecule has 3 heteroatoms. The number of hydrogen-bond donors (Lipinski definition) is 1. The summed E-state index contributed by atoms with van der Waals surface area (Å²) in [6.07, 6.45) is 8.27. The van der Waals surface area contributed by atoms with Crippen molar-refractivity contribution in [2.75, 3.05) is 0 Å². The van der Waals surface area contributed by atoms with Gasteiger partial charge in [-0.3, -0.25) is 4.79 Å². The molecule has 0 amide bonds. The van der Waals surface area contributed by atoms with E-state index in [0.717, 1.165) is 32.1 Å². The second-order valence-electron chi connectivity index (χ2n) is 10.3. The lowest BCUT2D eigenvalue weighted by atomic mass is 9.45. The van der Waals surface area contributed by atoms with Crippen molar-refractivity contribution in [2.24, 2.45) is 22.7 Å². The minimum atomic E-state index is -0.634. The number of ether oxygens (including phenoxy) is 1. The lowest BCUT2D eigenvalue weighted by molar-refractivity contribution is -0.201. The molecular formula is C22H40O3. The summed E-state index contributed by atoms with van der Waals surface area (Å²) in [6, 6.07) is 0. The normalized spacial score (nSPS) is 40.0. The molecule has 2 aliphatic carbocycles. The van der Waals surface area contributed by atoms with E-state index in [0.29, 0.717) is 17.3 Å². The largest absolute Gasteiger partial charge is 0.459 e. The van der Waals surface area contributed by atoms with Crippen LogP contribution < -0.4 is 0 Å². The van der Waals surface area contributed by atoms with Gasteiger partial charge in [0, 0.05) is 12.8 Å². The van der Waals surface area contributed by atoms with E-state index >= 15 is 0 Å². The van der Waals surface area contributed by atoms with Gasteiger partial charge in [0.1, 0.15) is 5.60 Å². The fourth-order valence-electron chi connectivity index (χ4n) is 6.32. The van der Waals surface area contributed by atoms with Gasteiger partial charge in [-0.05, 0) is 75.5 Å². The van der Waals surface area contributed by atoms with Crippen LogP contribution in [0, 0.1) is 22.7 Å². The second kappa shape index (κ2) is 6.87. The lowest BCUT2D eigenvalue weighted by Gasteiger charge is -2.62. The zero-order valence-corrected chi connectivity index (χ0v) is 17.6. The number of carbonyl (C=O) groups excluding carboxylic acids is 1. The predicted molar refractivity (Wildman–Crippen MR) is 102 cm³/mol. The van der Waals surface area contributed by atoms with E-state index in [9.17, 15) is 9.90 Å². The quantitative estimate of drug-likeness (QED) is 0.665. The number of rotatable bonds is 5. The highest BCUT2D eigenvalue weighted by molar-refractivity contribution is 5.66. The third-order valence-corrected chi connectivity index (χ3v) is 7.85. The van der Waals surface area contributed by atoms with Crippen molar-refractivity contribution in [3.8, 4) is 0 Å². The molecule has 0 aromatic rings. The van der Waals surface area contributed by atoms with Gasteiger partial charge in [0.15, 0.2) is 0 Å². The first-order chi connectivity index (χ1) is 11.4. The van der Waals surface area contributed by atoms with Crippen LogP contribution in [-0.2, 0) is 9.53 Å². The van der Waals surface area contributed by atoms with Crippen LogP contribution in [0.2, 0.25) is 0 Å². The van der Waals surface area contributed by atoms with Crippen molar-refractivity contribution in [3.63, 3.8) is 0 Å². The van der Waals surface area contributed by atoms with Crippen LogP contribution >= 0.6 is 0 Å². The Hall–Kier alpha value is -0.570. The van der Waals surface area contributed by atoms with E-state index in [-0.39, 0.29) is 11.4 Å². The summed E-state index contributed by atoms with van der Waals surface area (Å²) in [7, 11) is 0. The van der Waals surface area contributed by atoms with Gasteiger partial charge in [-0.25, -0.2) is 0 Å². The molecule has 0 bridgehead atoms. The fourth-order valence-corrected chi connectivity index (χ4v) is 6.32. The third-order valence-electron chi connectivity index (χ3n) is 7.85. The Bertz CT molecular complexity index is 496. The molecule has 2 rings (SSSR count). The molecule has 0 spiro atoms. The Kier molecular flexibility index (Phi) is 5.70. The minimum absolute atomic E-state index is 0.174. The average Bonchev–Trinajstić information content (AvgIpc) is 2.44. The molecule has 0 heterocycles. The zero-order valence-electron chi connectivity index (χ0n) is 17.6. The Morgan fingerprint density at radius 2 is 1.84 bits per heavy atom. The van der Waals surface area contributed by atoms with Crippen LogP contribution in [0.1, 0.15) is 99.8 Å². The fraction of sp³-hybridized carbons (Fsp3) is 0.955. The van der Waals surface area contributed by atoms with Gasteiger partial charge in [-0.15, -0.1) is 0 Å². The van der Waals surface area contributed by atoms with Crippen LogP contribution in [0.4, 0.5) is 0 Å². The number of esters is 1. The summed E-state index contributed by atoms with van der Waals surface area (Å²) in [5.41, 5.74) is -0.525. The van der Waals surface area contributed by atoms with Gasteiger partial charge in [0.2, 0.25) is 0 Å². The van der Waals surface area contributed by atoms with Gasteiger partial charge < -0.3 is 9.84 Å². The highest BCUT2D eigenvalue weighted by Crippen LogP contribution is 2.63. The molecule has 1 N–H and O–H groups in total. The van der Waals surface area contributed by atoms with Crippen molar-refractivity contribution in [1.29, 1.82) is 0 Å². The molecule has 0 saturated heterocycles. The highest BCUT2D eigenvalue weighted by atomic mass is 16.6. The smallest absolute Gasteiger partial charge is 0.303 e. The first-order valence-electron chi connectivity index (χ1n) is 10.3. The SMILES string of the molecule is CCC(C)(O)CC[C@@H]1[C@@]2(C)CCCC(C)(C)[C@@H]2CC[C@]1(C)OC(C)=O. The molecule has 0 aromatic heterocycles. The van der Waals surface area contributed by atoms with Crippen molar-refractivity contribution in [3.05, 3.63) is 0 Å². The Morgan fingerprint density at radius 3 is 2.40 bits per heavy atom. The summed E-state index contributed by atoms with van der Waals surface area (Å²) in [5, 5.41) is 10.6. The maximum atomic E-state index is 11.8. The standard InChI is InChI=1S/C22H40O3/c1-8-20(5,24)14-10-18-21(6)13-9-12-19(3,4)17(21)11-15-22(18,7)25-16(2)23/h17-18,24H,8-15H2,1-7H3/t17-,18+,20?,21-,22-/m0/s1. The van der Waals surface area contributed by atoms with Gasteiger partial charge >= 0.3 is 5.97 Å². The number of hydrogen-bond acceptors (Lipinski definition) is 3. The summed E-state index contributed by atoms with van der Waals surface area (Å²) < 4.78 is 5.95. The molecule has 1 unspecified atom stereocenters. The summed E-state index contributed by atoms with van der Waals surface area (Å²) in [4.78, 5) is 11.8. The zero-order chi connectivity index (χ0) is 19.1. The van der Waals surface area contributed by atoms with Crippen LogP contribution in [0.25, 0.3) is 0 Å². The van der Waals surface area contributed by atoms with E-state index in [4.69, 9.17) is 4.74 Å². The van der Waals surface area contributed by atoms with E-state index in [2.05, 4.69) is 27.7 Å². The number of fused-ring (bicyclic) bond motifs is 1. The van der Waals surface area contributed by atoms with E-state index in [1.807, 2.05) is 13.8 Å². The summed E-state index contributed by atoms with van der Waals surface area (Å²) >= 11 is 0. The molecule has 3 nitrogen and oxygen atoms in total. The third kappa shape index (κ3) is 4.07. The topological polar surface area (TPSA) is 46.5 Å². The minimum Gasteiger partial charge on any atom is -0.459 e. The summed E-state index contributed by atoms with van der Waals surface area (Å²) in [5.74, 6) is 0.793. The van der Waals surface area contributed by atoms with Crippen molar-refractivity contribution >= 4 is 5.97 Å². The lowest BCUT2D eigenvalue weighted by Crippen LogP contribution is -2.59. The second-order valence-corrected chi connectivity index (χ2v) is 10.3. The van der Waals surface area contributed by atoms with Crippen LogP contribution in [0.3, 0.4) is 0 Å². The van der Waals surface area contributed by atoms with E-state index in [1.54, 1.807) is 0 Å². The molecule has 0 radical (unpaired) electrons. The first kappa shape index (κ1) is 20.7. The van der Waals surface area contributed by atoms with Crippen molar-refractivity contribution in [2.45, 2.75) is 111 Å². The van der Waals surface area contributed by atoms with Gasteiger partial charge in [-0.2, -0.15) is 0 Å².